The molecule has 4 N–H and O–H groups in total. The van der Waals surface area contributed by atoms with Crippen LogP contribution in [0.5, 0.6) is 0 Å². The van der Waals surface area contributed by atoms with Gasteiger partial charge >= 0.3 is 5.97 Å². The zero-order chi connectivity index (χ0) is 12.9. The quantitative estimate of drug-likeness (QED) is 0.617. The van der Waals surface area contributed by atoms with Crippen LogP contribution in [0.3, 0.4) is 0 Å². The second-order valence-electron chi connectivity index (χ2n) is 4.84. The number of hydrogen-bond acceptors (Lipinski definition) is 3. The van der Waals surface area contributed by atoms with Gasteiger partial charge in [-0.25, -0.2) is 4.79 Å². The van der Waals surface area contributed by atoms with Gasteiger partial charge in [0.1, 0.15) is 6.04 Å². The highest BCUT2D eigenvalue weighted by atomic mass is 16.4. The molecule has 0 aromatic heterocycles. The van der Waals surface area contributed by atoms with Crippen molar-refractivity contribution in [3.8, 4) is 0 Å². The lowest BCUT2D eigenvalue weighted by Gasteiger charge is -2.39. The van der Waals surface area contributed by atoms with Gasteiger partial charge in [-0.15, -0.1) is 0 Å². The molecule has 0 heterocycles. The van der Waals surface area contributed by atoms with E-state index in [1.54, 1.807) is 0 Å². The summed E-state index contributed by atoms with van der Waals surface area (Å²) in [6, 6.07) is -0.772. The average Bonchev–Trinajstić information content (AvgIpc) is 2.23. The van der Waals surface area contributed by atoms with Crippen LogP contribution in [0.2, 0.25) is 0 Å². The van der Waals surface area contributed by atoms with Gasteiger partial charge in [0.2, 0.25) is 5.91 Å². The Balaban J connectivity index is 2.54. The first kappa shape index (κ1) is 14.0. The number of hydrogen-bond donors (Lipinski definition) is 3. The van der Waals surface area contributed by atoms with Crippen LogP contribution in [0, 0.1) is 5.41 Å². The molecule has 0 bridgehead atoms. The van der Waals surface area contributed by atoms with E-state index in [2.05, 4.69) is 5.32 Å². The van der Waals surface area contributed by atoms with Crippen molar-refractivity contribution in [2.45, 2.75) is 51.5 Å². The smallest absolute Gasteiger partial charge is 0.326 e. The predicted molar refractivity (Wildman–Crippen MR) is 64.4 cm³/mol. The first-order valence-electron chi connectivity index (χ1n) is 6.29. The first-order chi connectivity index (χ1) is 8.05. The summed E-state index contributed by atoms with van der Waals surface area (Å²) < 4.78 is 0. The van der Waals surface area contributed by atoms with Crippen molar-refractivity contribution in [3.05, 3.63) is 0 Å². The standard InChI is InChI=1S/C12H22N2O3/c1-2-3-5-9(10(15)16)14-11(17)12(8-13)6-4-7-12/h9H,2-8,13H2,1H3,(H,14,17)(H,15,16). The van der Waals surface area contributed by atoms with Crippen molar-refractivity contribution in [1.29, 1.82) is 0 Å². The maximum atomic E-state index is 12.0. The lowest BCUT2D eigenvalue weighted by molar-refractivity contribution is -0.145. The third-order valence-electron chi connectivity index (χ3n) is 3.63. The molecule has 5 nitrogen and oxygen atoms in total. The van der Waals surface area contributed by atoms with Crippen LogP contribution in [0.25, 0.3) is 0 Å². The molecule has 0 aromatic rings. The minimum atomic E-state index is -0.960. The van der Waals surface area contributed by atoms with Gasteiger partial charge in [-0.05, 0) is 19.3 Å². The number of unbranched alkanes of at least 4 members (excludes halogenated alkanes) is 1. The summed E-state index contributed by atoms with van der Waals surface area (Å²) in [5.74, 6) is -1.15. The summed E-state index contributed by atoms with van der Waals surface area (Å²) in [5, 5.41) is 11.7. The molecule has 0 aromatic carbocycles. The second kappa shape index (κ2) is 6.00. The van der Waals surface area contributed by atoms with E-state index in [0.29, 0.717) is 13.0 Å². The van der Waals surface area contributed by atoms with Crippen LogP contribution in [0.15, 0.2) is 0 Å². The fraction of sp³-hybridized carbons (Fsp3) is 0.833. The van der Waals surface area contributed by atoms with E-state index in [1.807, 2.05) is 6.92 Å². The molecular formula is C12H22N2O3. The molecule has 1 atom stereocenters. The van der Waals surface area contributed by atoms with Crippen molar-refractivity contribution in [3.63, 3.8) is 0 Å². The average molecular weight is 242 g/mol. The third-order valence-corrected chi connectivity index (χ3v) is 3.63. The second-order valence-corrected chi connectivity index (χ2v) is 4.84. The van der Waals surface area contributed by atoms with E-state index in [-0.39, 0.29) is 5.91 Å². The molecule has 5 heteroatoms. The lowest BCUT2D eigenvalue weighted by Crippen LogP contribution is -2.54. The molecule has 1 aliphatic rings. The van der Waals surface area contributed by atoms with Gasteiger partial charge < -0.3 is 16.2 Å². The Bertz CT molecular complexity index is 282. The molecule has 0 spiro atoms. The minimum absolute atomic E-state index is 0.185. The number of nitrogens with one attached hydrogen (secondary N) is 1. The van der Waals surface area contributed by atoms with E-state index in [1.165, 1.54) is 0 Å². The summed E-state index contributed by atoms with van der Waals surface area (Å²) >= 11 is 0. The van der Waals surface area contributed by atoms with Crippen molar-refractivity contribution < 1.29 is 14.7 Å². The zero-order valence-corrected chi connectivity index (χ0v) is 10.4. The van der Waals surface area contributed by atoms with Gasteiger partial charge in [0.25, 0.3) is 0 Å². The van der Waals surface area contributed by atoms with Crippen LogP contribution < -0.4 is 11.1 Å². The number of rotatable bonds is 7. The molecule has 1 saturated carbocycles. The summed E-state index contributed by atoms with van der Waals surface area (Å²) in [5.41, 5.74) is 5.11. The molecule has 98 valence electrons. The third kappa shape index (κ3) is 3.19. The summed E-state index contributed by atoms with van der Waals surface area (Å²) in [6.07, 6.45) is 4.75. The molecule has 1 fully saturated rings. The summed E-state index contributed by atoms with van der Waals surface area (Å²) in [7, 11) is 0. The van der Waals surface area contributed by atoms with E-state index in [0.717, 1.165) is 32.1 Å². The van der Waals surface area contributed by atoms with Gasteiger partial charge in [0.15, 0.2) is 0 Å². The Hall–Kier alpha value is -1.10. The van der Waals surface area contributed by atoms with Crippen molar-refractivity contribution >= 4 is 11.9 Å². The Morgan fingerprint density at radius 2 is 2.12 bits per heavy atom. The zero-order valence-electron chi connectivity index (χ0n) is 10.4. The van der Waals surface area contributed by atoms with Crippen molar-refractivity contribution in [2.24, 2.45) is 11.1 Å². The Labute approximate surface area is 102 Å². The van der Waals surface area contributed by atoms with Gasteiger partial charge in [-0.1, -0.05) is 26.2 Å². The normalized spacial score (nSPS) is 19.2. The van der Waals surface area contributed by atoms with E-state index < -0.39 is 17.4 Å². The number of nitrogens with two attached hydrogens (primary N) is 1. The van der Waals surface area contributed by atoms with Crippen LogP contribution in [-0.4, -0.2) is 29.6 Å². The maximum absolute atomic E-state index is 12.0. The minimum Gasteiger partial charge on any atom is -0.480 e. The molecule has 0 radical (unpaired) electrons. The molecule has 1 aliphatic carbocycles. The van der Waals surface area contributed by atoms with E-state index in [9.17, 15) is 9.59 Å². The SMILES string of the molecule is CCCCC(NC(=O)C1(CN)CCC1)C(=O)O. The van der Waals surface area contributed by atoms with Gasteiger partial charge in [-0.3, -0.25) is 4.79 Å². The van der Waals surface area contributed by atoms with Crippen molar-refractivity contribution in [2.75, 3.05) is 6.54 Å². The van der Waals surface area contributed by atoms with Crippen molar-refractivity contribution in [1.82, 2.24) is 5.32 Å². The largest absolute Gasteiger partial charge is 0.480 e. The number of amides is 1. The molecule has 1 unspecified atom stereocenters. The monoisotopic (exact) mass is 242 g/mol. The van der Waals surface area contributed by atoms with Crippen LogP contribution >= 0.6 is 0 Å². The summed E-state index contributed by atoms with van der Waals surface area (Å²) in [4.78, 5) is 23.0. The number of carbonyl (C=O) groups excluding carboxylic acids is 1. The first-order valence-corrected chi connectivity index (χ1v) is 6.29. The molecule has 0 saturated heterocycles. The Morgan fingerprint density at radius 3 is 2.47 bits per heavy atom. The number of carboxylic acids is 1. The predicted octanol–water partition coefficient (Wildman–Crippen LogP) is 0.875. The Kier molecular flexibility index (Phi) is 4.93. The maximum Gasteiger partial charge on any atom is 0.326 e. The van der Waals surface area contributed by atoms with E-state index >= 15 is 0 Å². The van der Waals surface area contributed by atoms with Crippen LogP contribution in [0.4, 0.5) is 0 Å². The van der Waals surface area contributed by atoms with E-state index in [4.69, 9.17) is 10.8 Å². The molecule has 0 aliphatic heterocycles. The van der Waals surface area contributed by atoms with Crippen LogP contribution in [-0.2, 0) is 9.59 Å². The topological polar surface area (TPSA) is 92.4 Å². The van der Waals surface area contributed by atoms with Gasteiger partial charge in [-0.2, -0.15) is 0 Å². The molecule has 1 amide bonds. The molecular weight excluding hydrogens is 220 g/mol. The summed E-state index contributed by atoms with van der Waals surface area (Å²) in [6.45, 7) is 2.30. The molecule has 17 heavy (non-hydrogen) atoms. The van der Waals surface area contributed by atoms with Crippen LogP contribution in [0.1, 0.15) is 45.4 Å². The highest BCUT2D eigenvalue weighted by Crippen LogP contribution is 2.40. The fourth-order valence-corrected chi connectivity index (χ4v) is 2.10. The highest BCUT2D eigenvalue weighted by Gasteiger charge is 2.43. The van der Waals surface area contributed by atoms with Gasteiger partial charge in [0.05, 0.1) is 5.41 Å². The Morgan fingerprint density at radius 1 is 1.47 bits per heavy atom. The number of aliphatic carboxylic acids is 1. The van der Waals surface area contributed by atoms with Gasteiger partial charge in [0, 0.05) is 6.54 Å². The lowest BCUT2D eigenvalue weighted by atomic mass is 9.68. The highest BCUT2D eigenvalue weighted by molar-refractivity contribution is 5.88. The molecule has 1 rings (SSSR count). The number of carboxylic acid groups (broad SMARTS) is 1. The fourth-order valence-electron chi connectivity index (χ4n) is 2.10. The number of carbonyl (C=O) groups is 2.